The van der Waals surface area contributed by atoms with Gasteiger partial charge in [0, 0.05) is 5.56 Å². The van der Waals surface area contributed by atoms with Gasteiger partial charge in [0.05, 0.1) is 6.54 Å². The Kier molecular flexibility index (Phi) is 4.70. The lowest BCUT2D eigenvalue weighted by Crippen LogP contribution is -2.44. The van der Waals surface area contributed by atoms with Crippen molar-refractivity contribution in [3.63, 3.8) is 0 Å². The Hall–Kier alpha value is -2.11. The molecule has 1 rings (SSSR count). The number of amides is 1. The number of hydrogen-bond acceptors (Lipinski definition) is 3. The van der Waals surface area contributed by atoms with Gasteiger partial charge in [-0.25, -0.2) is 14.0 Å². The fourth-order valence-electron chi connectivity index (χ4n) is 1.51. The number of aliphatic carboxylic acids is 1. The Labute approximate surface area is 116 Å². The molecule has 1 amide bonds. The van der Waals surface area contributed by atoms with Crippen LogP contribution in [-0.4, -0.2) is 29.3 Å². The van der Waals surface area contributed by atoms with Gasteiger partial charge in [0.25, 0.3) is 0 Å². The molecule has 0 aromatic heterocycles. The zero-order chi connectivity index (χ0) is 15.4. The number of ether oxygens (including phenoxy) is 1. The summed E-state index contributed by atoms with van der Waals surface area (Å²) in [7, 11) is 0. The number of halogens is 1. The molecular weight excluding hydrogens is 265 g/mol. The van der Waals surface area contributed by atoms with Crippen molar-refractivity contribution < 1.29 is 23.8 Å². The van der Waals surface area contributed by atoms with Crippen LogP contribution in [0.15, 0.2) is 30.3 Å². The van der Waals surface area contributed by atoms with Crippen molar-refractivity contribution in [1.29, 1.82) is 0 Å². The molecule has 1 aromatic carbocycles. The predicted octanol–water partition coefficient (Wildman–Crippen LogP) is 2.46. The van der Waals surface area contributed by atoms with E-state index < -0.39 is 29.9 Å². The van der Waals surface area contributed by atoms with Gasteiger partial charge in [-0.15, -0.1) is 0 Å². The topological polar surface area (TPSA) is 75.6 Å². The first-order valence-corrected chi connectivity index (χ1v) is 6.10. The summed E-state index contributed by atoms with van der Waals surface area (Å²) in [5, 5.41) is 11.2. The predicted molar refractivity (Wildman–Crippen MR) is 71.1 cm³/mol. The van der Waals surface area contributed by atoms with Gasteiger partial charge in [-0.05, 0) is 20.8 Å². The van der Waals surface area contributed by atoms with E-state index >= 15 is 0 Å². The van der Waals surface area contributed by atoms with Crippen molar-refractivity contribution in [2.45, 2.75) is 32.0 Å². The fraction of sp³-hybridized carbons (Fsp3) is 0.429. The van der Waals surface area contributed by atoms with E-state index in [1.807, 2.05) is 0 Å². The van der Waals surface area contributed by atoms with Crippen LogP contribution < -0.4 is 5.32 Å². The van der Waals surface area contributed by atoms with Gasteiger partial charge < -0.3 is 15.2 Å². The lowest BCUT2D eigenvalue weighted by molar-refractivity contribution is -0.151. The summed E-state index contributed by atoms with van der Waals surface area (Å²) < 4.78 is 19.5. The molecule has 0 fully saturated rings. The molecule has 20 heavy (non-hydrogen) atoms. The molecule has 0 saturated carbocycles. The van der Waals surface area contributed by atoms with Crippen molar-refractivity contribution in [3.05, 3.63) is 35.9 Å². The van der Waals surface area contributed by atoms with Crippen LogP contribution in [0, 0.1) is 0 Å². The minimum absolute atomic E-state index is 0.0384. The van der Waals surface area contributed by atoms with E-state index in [0.29, 0.717) is 0 Å². The summed E-state index contributed by atoms with van der Waals surface area (Å²) in [6, 6.07) is 7.41. The number of carboxylic acid groups (broad SMARTS) is 1. The fourth-order valence-corrected chi connectivity index (χ4v) is 1.51. The maximum atomic E-state index is 14.6. The van der Waals surface area contributed by atoms with Crippen LogP contribution in [0.4, 0.5) is 9.18 Å². The normalized spacial score (nSPS) is 14.2. The lowest BCUT2D eigenvalue weighted by atomic mass is 9.96. The summed E-state index contributed by atoms with van der Waals surface area (Å²) in [5.74, 6) is -1.67. The second-order valence-electron chi connectivity index (χ2n) is 5.33. The average molecular weight is 283 g/mol. The highest BCUT2D eigenvalue weighted by Crippen LogP contribution is 2.25. The third-order valence-corrected chi connectivity index (χ3v) is 2.45. The Morgan fingerprint density at radius 3 is 2.25 bits per heavy atom. The molecule has 0 spiro atoms. The zero-order valence-electron chi connectivity index (χ0n) is 11.6. The SMILES string of the molecule is CC(C)(C)OC(=O)NCC(F)(C(=O)O)c1ccccc1. The molecule has 0 radical (unpaired) electrons. The Morgan fingerprint density at radius 1 is 1.25 bits per heavy atom. The van der Waals surface area contributed by atoms with Crippen molar-refractivity contribution in [2.24, 2.45) is 0 Å². The minimum Gasteiger partial charge on any atom is -0.479 e. The molecule has 5 nitrogen and oxygen atoms in total. The van der Waals surface area contributed by atoms with Crippen LogP contribution >= 0.6 is 0 Å². The maximum Gasteiger partial charge on any atom is 0.407 e. The highest BCUT2D eigenvalue weighted by molar-refractivity contribution is 5.80. The molecule has 0 aliphatic heterocycles. The van der Waals surface area contributed by atoms with Gasteiger partial charge in [0.15, 0.2) is 0 Å². The van der Waals surface area contributed by atoms with Crippen molar-refractivity contribution in [3.8, 4) is 0 Å². The molecule has 6 heteroatoms. The monoisotopic (exact) mass is 283 g/mol. The third-order valence-electron chi connectivity index (χ3n) is 2.45. The van der Waals surface area contributed by atoms with Gasteiger partial charge in [-0.3, -0.25) is 0 Å². The van der Waals surface area contributed by atoms with Gasteiger partial charge in [-0.1, -0.05) is 30.3 Å². The molecule has 1 aromatic rings. The molecular formula is C14H18FNO4. The van der Waals surface area contributed by atoms with Crippen LogP contribution in [0.5, 0.6) is 0 Å². The average Bonchev–Trinajstić information content (AvgIpc) is 2.34. The van der Waals surface area contributed by atoms with E-state index in [4.69, 9.17) is 9.84 Å². The highest BCUT2D eigenvalue weighted by atomic mass is 19.1. The number of carbonyl (C=O) groups is 2. The summed E-state index contributed by atoms with van der Waals surface area (Å²) in [6.07, 6.45) is -0.864. The summed E-state index contributed by atoms with van der Waals surface area (Å²) >= 11 is 0. The number of carboxylic acids is 1. The van der Waals surface area contributed by atoms with Crippen LogP contribution in [0.3, 0.4) is 0 Å². The van der Waals surface area contributed by atoms with Crippen LogP contribution in [0.25, 0.3) is 0 Å². The molecule has 0 aliphatic carbocycles. The molecule has 0 aliphatic rings. The Bertz CT molecular complexity index is 484. The lowest BCUT2D eigenvalue weighted by Gasteiger charge is -2.24. The quantitative estimate of drug-likeness (QED) is 0.890. The second-order valence-corrected chi connectivity index (χ2v) is 5.33. The van der Waals surface area contributed by atoms with Crippen molar-refractivity contribution in [1.82, 2.24) is 5.32 Å². The summed E-state index contributed by atoms with van der Waals surface area (Å²) in [5.41, 5.74) is -3.47. The number of alkyl halides is 1. The van der Waals surface area contributed by atoms with E-state index in [1.54, 1.807) is 26.8 Å². The van der Waals surface area contributed by atoms with E-state index in [1.165, 1.54) is 24.3 Å². The smallest absolute Gasteiger partial charge is 0.407 e. The molecule has 1 atom stereocenters. The van der Waals surface area contributed by atoms with E-state index in [9.17, 15) is 14.0 Å². The van der Waals surface area contributed by atoms with Gasteiger partial charge in [0.2, 0.25) is 5.67 Å². The molecule has 2 N–H and O–H groups in total. The molecule has 110 valence electrons. The van der Waals surface area contributed by atoms with Gasteiger partial charge in [-0.2, -0.15) is 0 Å². The Balaban J connectivity index is 2.80. The van der Waals surface area contributed by atoms with Crippen LogP contribution in [-0.2, 0) is 15.2 Å². The van der Waals surface area contributed by atoms with Gasteiger partial charge in [0.1, 0.15) is 5.60 Å². The van der Waals surface area contributed by atoms with E-state index in [-0.39, 0.29) is 5.56 Å². The van der Waals surface area contributed by atoms with Gasteiger partial charge >= 0.3 is 12.1 Å². The summed E-state index contributed by atoms with van der Waals surface area (Å²) in [4.78, 5) is 22.6. The minimum atomic E-state index is -2.70. The second kappa shape index (κ2) is 5.90. The molecule has 1 unspecified atom stereocenters. The highest BCUT2D eigenvalue weighted by Gasteiger charge is 2.41. The number of carbonyl (C=O) groups excluding carboxylic acids is 1. The number of alkyl carbamates (subject to hydrolysis) is 1. The molecule has 0 bridgehead atoms. The maximum absolute atomic E-state index is 14.6. The van der Waals surface area contributed by atoms with Crippen molar-refractivity contribution in [2.75, 3.05) is 6.54 Å². The van der Waals surface area contributed by atoms with Crippen LogP contribution in [0.1, 0.15) is 26.3 Å². The number of rotatable bonds is 4. The van der Waals surface area contributed by atoms with Crippen molar-refractivity contribution >= 4 is 12.1 Å². The van der Waals surface area contributed by atoms with E-state index in [0.717, 1.165) is 0 Å². The zero-order valence-corrected chi connectivity index (χ0v) is 11.6. The number of nitrogens with one attached hydrogen (secondary N) is 1. The third kappa shape index (κ3) is 4.22. The largest absolute Gasteiger partial charge is 0.479 e. The van der Waals surface area contributed by atoms with Crippen LogP contribution in [0.2, 0.25) is 0 Å². The standard InChI is InChI=1S/C14H18FNO4/c1-13(2,3)20-12(19)16-9-14(15,11(17)18)10-7-5-4-6-8-10/h4-8H,9H2,1-3H3,(H,16,19)(H,17,18). The van der Waals surface area contributed by atoms with E-state index in [2.05, 4.69) is 5.32 Å². The number of benzene rings is 1. The summed E-state index contributed by atoms with van der Waals surface area (Å²) in [6.45, 7) is 4.26. The molecule has 0 saturated heterocycles. The first kappa shape index (κ1) is 15.9. The Morgan fingerprint density at radius 2 is 1.80 bits per heavy atom. The molecule has 0 heterocycles. The first-order chi connectivity index (χ1) is 9.15. The first-order valence-electron chi connectivity index (χ1n) is 6.10. The number of hydrogen-bond donors (Lipinski definition) is 2.